The van der Waals surface area contributed by atoms with Gasteiger partial charge in [-0.15, -0.1) is 0 Å². The number of halogens is 4. The van der Waals surface area contributed by atoms with Gasteiger partial charge < -0.3 is 24.2 Å². The number of fused-ring (bicyclic) bond motifs is 2. The quantitative estimate of drug-likeness (QED) is 0.270. The molecule has 2 aliphatic rings. The van der Waals surface area contributed by atoms with Crippen molar-refractivity contribution in [3.8, 4) is 0 Å². The van der Waals surface area contributed by atoms with Crippen LogP contribution in [0.2, 0.25) is 10.0 Å². The molecule has 216 valence electrons. The number of hydrogen-bond acceptors (Lipinski definition) is 5. The first-order valence-corrected chi connectivity index (χ1v) is 14.0. The largest absolute Gasteiger partial charge is 0.492 e. The number of carbonyl (C=O) groups is 1. The number of aromatic nitrogens is 1. The van der Waals surface area contributed by atoms with Gasteiger partial charge >= 0.3 is 7.12 Å². The minimum absolute atomic E-state index is 0.113. The summed E-state index contributed by atoms with van der Waals surface area (Å²) in [6.07, 6.45) is 1.48. The van der Waals surface area contributed by atoms with E-state index in [4.69, 9.17) is 32.7 Å². The molecule has 2 aliphatic heterocycles. The number of oxime groups is 1. The van der Waals surface area contributed by atoms with Gasteiger partial charge in [-0.1, -0.05) is 46.6 Å². The monoisotopic (exact) mass is 611 g/mol. The summed E-state index contributed by atoms with van der Waals surface area (Å²) in [6, 6.07) is 16.7. The number of nitrogens with zero attached hydrogens (tertiary/aromatic N) is 2. The molecule has 12 heteroatoms. The van der Waals surface area contributed by atoms with Crippen LogP contribution in [0.4, 0.5) is 8.78 Å². The van der Waals surface area contributed by atoms with Crippen molar-refractivity contribution < 1.29 is 28.1 Å². The molecule has 42 heavy (non-hydrogen) atoms. The topological polar surface area (TPSA) is 84.6 Å². The van der Waals surface area contributed by atoms with Gasteiger partial charge in [0, 0.05) is 41.7 Å². The average Bonchev–Trinajstić information content (AvgIpc) is 3.63. The van der Waals surface area contributed by atoms with Crippen LogP contribution < -0.4 is 10.8 Å². The second-order valence-electron chi connectivity index (χ2n) is 11.2. The van der Waals surface area contributed by atoms with Gasteiger partial charge in [0.1, 0.15) is 5.71 Å². The maximum absolute atomic E-state index is 15.1. The lowest BCUT2D eigenvalue weighted by atomic mass is 9.78. The lowest BCUT2D eigenvalue weighted by Gasteiger charge is -2.33. The number of carbonyl (C=O) groups excluding carboxylic acids is 1. The minimum atomic E-state index is -3.33. The molecule has 0 fully saturated rings. The number of alkyl halides is 2. The Morgan fingerprint density at radius 2 is 1.88 bits per heavy atom. The summed E-state index contributed by atoms with van der Waals surface area (Å²) >= 11 is 12.3. The molecule has 0 spiro atoms. The van der Waals surface area contributed by atoms with E-state index in [9.17, 15) is 9.82 Å². The maximum atomic E-state index is 15.1. The van der Waals surface area contributed by atoms with E-state index in [1.807, 2.05) is 26.0 Å². The lowest BCUT2D eigenvalue weighted by Crippen LogP contribution is -2.43. The highest BCUT2D eigenvalue weighted by atomic mass is 35.5. The number of nitrogens with one attached hydrogen (secondary N) is 1. The molecular formula is C30H26BCl2F2N3O4. The Kier molecular flexibility index (Phi) is 6.89. The molecule has 0 aliphatic carbocycles. The van der Waals surface area contributed by atoms with Crippen molar-refractivity contribution in [1.82, 2.24) is 9.72 Å². The molecule has 4 aromatic rings. The number of pyridine rings is 1. The molecule has 2 aromatic carbocycles. The summed E-state index contributed by atoms with van der Waals surface area (Å²) in [5.74, 6) is -3.65. The molecule has 7 nitrogen and oxygen atoms in total. The normalized spacial score (nSPS) is 19.5. The third-order valence-electron chi connectivity index (χ3n) is 7.89. The van der Waals surface area contributed by atoms with Crippen LogP contribution in [-0.2, 0) is 27.2 Å². The van der Waals surface area contributed by atoms with Crippen LogP contribution in [0.3, 0.4) is 0 Å². The summed E-state index contributed by atoms with van der Waals surface area (Å²) in [5, 5.41) is 17.6. The zero-order chi connectivity index (χ0) is 30.0. The highest BCUT2D eigenvalue weighted by molar-refractivity contribution is 6.61. The van der Waals surface area contributed by atoms with E-state index in [-0.39, 0.29) is 40.2 Å². The van der Waals surface area contributed by atoms with Crippen LogP contribution in [0.15, 0.2) is 72.0 Å². The highest BCUT2D eigenvalue weighted by Gasteiger charge is 2.58. The first-order valence-electron chi connectivity index (χ1n) is 13.3. The van der Waals surface area contributed by atoms with Crippen LogP contribution in [0.1, 0.15) is 59.9 Å². The molecule has 6 rings (SSSR count). The number of hydrogen-bond donors (Lipinski definition) is 2. The molecular weight excluding hydrogens is 586 g/mol. The molecule has 4 heterocycles. The first kappa shape index (κ1) is 28.7. The summed E-state index contributed by atoms with van der Waals surface area (Å²) in [4.78, 5) is 18.8. The van der Waals surface area contributed by atoms with Crippen molar-refractivity contribution in [2.45, 2.75) is 50.9 Å². The van der Waals surface area contributed by atoms with E-state index in [1.165, 1.54) is 18.2 Å². The SMILES string of the molecule is CC1(C)OB(O)c2ccc(CNC(=O)c3ccc(C4=NOC(c5cc(Cl)cc(Cl)c5)(C(C)(F)F)C4)n4cccc34)cc21. The molecule has 2 aromatic heterocycles. The van der Waals surface area contributed by atoms with E-state index in [2.05, 4.69) is 10.5 Å². The fourth-order valence-corrected chi connectivity index (χ4v) is 6.23. The average molecular weight is 612 g/mol. The summed E-state index contributed by atoms with van der Waals surface area (Å²) in [6.45, 7) is 4.79. The standard InChI is InChI=1S/C30H26BCl2F2N3O4/c1-28(2)22-11-17(6-8-23(22)31(40)41-28)16-36-27(39)21-7-9-26(38-10-4-5-25(21)38)24-15-30(42-37-24,29(3,34)35)18-12-19(32)14-20(33)13-18/h4-14,40H,15-16H2,1-3H3,(H,36,39). The molecule has 0 saturated carbocycles. The Balaban J connectivity index is 1.26. The molecule has 0 bridgehead atoms. The van der Waals surface area contributed by atoms with Gasteiger partial charge in [-0.3, -0.25) is 4.79 Å². The Morgan fingerprint density at radius 3 is 2.60 bits per heavy atom. The van der Waals surface area contributed by atoms with Crippen LogP contribution in [0, 0.1) is 0 Å². The maximum Gasteiger partial charge on any atom is 0.492 e. The fourth-order valence-electron chi connectivity index (χ4n) is 5.70. The van der Waals surface area contributed by atoms with Gasteiger partial charge in [0.25, 0.3) is 11.8 Å². The van der Waals surface area contributed by atoms with Crippen molar-refractivity contribution in [2.24, 2.45) is 5.16 Å². The van der Waals surface area contributed by atoms with Crippen LogP contribution in [0.5, 0.6) is 0 Å². The van der Waals surface area contributed by atoms with Gasteiger partial charge in [0.05, 0.1) is 22.4 Å². The molecule has 2 N–H and O–H groups in total. The van der Waals surface area contributed by atoms with E-state index >= 15 is 8.78 Å². The van der Waals surface area contributed by atoms with Crippen molar-refractivity contribution in [1.29, 1.82) is 0 Å². The predicted molar refractivity (Wildman–Crippen MR) is 158 cm³/mol. The third-order valence-corrected chi connectivity index (χ3v) is 8.33. The first-order chi connectivity index (χ1) is 19.8. The van der Waals surface area contributed by atoms with Crippen LogP contribution in [-0.4, -0.2) is 34.1 Å². The second-order valence-corrected chi connectivity index (χ2v) is 12.0. The smallest absolute Gasteiger partial charge is 0.423 e. The predicted octanol–water partition coefficient (Wildman–Crippen LogP) is 5.80. The minimum Gasteiger partial charge on any atom is -0.423 e. The van der Waals surface area contributed by atoms with Crippen molar-refractivity contribution in [2.75, 3.05) is 0 Å². The zero-order valence-corrected chi connectivity index (χ0v) is 24.4. The Labute approximate surface area is 251 Å². The van der Waals surface area contributed by atoms with Crippen molar-refractivity contribution in [3.05, 3.63) is 105 Å². The number of rotatable bonds is 6. The highest BCUT2D eigenvalue weighted by Crippen LogP contribution is 2.48. The van der Waals surface area contributed by atoms with Gasteiger partial charge in [-0.05, 0) is 72.9 Å². The van der Waals surface area contributed by atoms with Gasteiger partial charge in [0.2, 0.25) is 5.60 Å². The Bertz CT molecular complexity index is 1750. The number of benzene rings is 2. The third kappa shape index (κ3) is 4.76. The number of amides is 1. The van der Waals surface area contributed by atoms with Crippen LogP contribution in [0.25, 0.3) is 5.52 Å². The molecule has 1 atom stereocenters. The summed E-state index contributed by atoms with van der Waals surface area (Å²) in [5.41, 5.74) is 1.55. The lowest BCUT2D eigenvalue weighted by molar-refractivity contribution is -0.193. The van der Waals surface area contributed by atoms with E-state index in [1.54, 1.807) is 40.9 Å². The Hall–Kier alpha value is -3.44. The van der Waals surface area contributed by atoms with E-state index < -0.39 is 24.2 Å². The van der Waals surface area contributed by atoms with Gasteiger partial charge in [-0.2, -0.15) is 0 Å². The summed E-state index contributed by atoms with van der Waals surface area (Å²) < 4.78 is 37.6. The van der Waals surface area contributed by atoms with Gasteiger partial charge in [0.15, 0.2) is 0 Å². The molecule has 0 radical (unpaired) electrons. The molecule has 1 amide bonds. The van der Waals surface area contributed by atoms with E-state index in [0.717, 1.165) is 18.1 Å². The Morgan fingerprint density at radius 1 is 1.14 bits per heavy atom. The van der Waals surface area contributed by atoms with Crippen molar-refractivity contribution >= 4 is 52.9 Å². The zero-order valence-electron chi connectivity index (χ0n) is 22.9. The molecule has 1 unspecified atom stereocenters. The van der Waals surface area contributed by atoms with Crippen molar-refractivity contribution in [3.63, 3.8) is 0 Å². The summed E-state index contributed by atoms with van der Waals surface area (Å²) in [7, 11) is -0.980. The second kappa shape index (κ2) is 10.1. The van der Waals surface area contributed by atoms with E-state index in [0.29, 0.717) is 22.2 Å². The molecule has 0 saturated heterocycles. The van der Waals surface area contributed by atoms with Crippen LogP contribution >= 0.6 is 23.2 Å². The van der Waals surface area contributed by atoms with Gasteiger partial charge in [-0.25, -0.2) is 8.78 Å². The fraction of sp³-hybridized carbons (Fsp3) is 0.267.